The first kappa shape index (κ1) is 17.9. The van der Waals surface area contributed by atoms with Gasteiger partial charge < -0.3 is 9.80 Å². The number of allylic oxidation sites excluding steroid dienone is 2. The van der Waals surface area contributed by atoms with E-state index in [2.05, 4.69) is 101 Å². The highest BCUT2D eigenvalue weighted by molar-refractivity contribution is 5.83. The largest absolute Gasteiger partial charge is 0.377 e. The minimum absolute atomic E-state index is 1.20. The van der Waals surface area contributed by atoms with Gasteiger partial charge in [-0.15, -0.1) is 0 Å². The molecule has 0 saturated heterocycles. The monoisotopic (exact) mass is 320 g/mol. The Bertz CT molecular complexity index is 708. The number of aryl methyl sites for hydroxylation is 2. The summed E-state index contributed by atoms with van der Waals surface area (Å²) in [5.74, 6) is 0. The Morgan fingerprint density at radius 1 is 0.792 bits per heavy atom. The highest BCUT2D eigenvalue weighted by atomic mass is 15.1. The van der Waals surface area contributed by atoms with E-state index >= 15 is 0 Å². The molecule has 0 bridgehead atoms. The van der Waals surface area contributed by atoms with Crippen molar-refractivity contribution in [3.05, 3.63) is 77.4 Å². The average Bonchev–Trinajstić information content (AvgIpc) is 2.51. The van der Waals surface area contributed by atoms with Gasteiger partial charge >= 0.3 is 0 Å². The maximum Gasteiger partial charge on any atom is 0.0391 e. The number of rotatable bonds is 5. The van der Waals surface area contributed by atoms with Crippen LogP contribution in [0, 0.1) is 13.8 Å². The van der Waals surface area contributed by atoms with Crippen LogP contribution in [-0.2, 0) is 0 Å². The summed E-state index contributed by atoms with van der Waals surface area (Å²) in [4.78, 5) is 4.29. The molecular formula is C22H28N2. The van der Waals surface area contributed by atoms with E-state index in [1.54, 1.807) is 0 Å². The topological polar surface area (TPSA) is 6.48 Å². The minimum Gasteiger partial charge on any atom is -0.377 e. The van der Waals surface area contributed by atoms with E-state index in [4.69, 9.17) is 0 Å². The lowest BCUT2D eigenvalue weighted by Crippen LogP contribution is -2.10. The third-order valence-corrected chi connectivity index (χ3v) is 4.26. The first-order valence-corrected chi connectivity index (χ1v) is 8.24. The molecule has 0 aliphatic carbocycles. The summed E-state index contributed by atoms with van der Waals surface area (Å²) in [7, 11) is 8.30. The van der Waals surface area contributed by atoms with Crippen LogP contribution in [0.4, 0.5) is 11.4 Å². The Labute approximate surface area is 146 Å². The highest BCUT2D eigenvalue weighted by Crippen LogP contribution is 2.30. The van der Waals surface area contributed by atoms with E-state index in [1.807, 2.05) is 6.08 Å². The number of hydrogen-bond acceptors (Lipinski definition) is 2. The van der Waals surface area contributed by atoms with Crippen molar-refractivity contribution in [2.24, 2.45) is 0 Å². The summed E-state index contributed by atoms with van der Waals surface area (Å²) < 4.78 is 0. The average molecular weight is 320 g/mol. The summed E-state index contributed by atoms with van der Waals surface area (Å²) >= 11 is 0. The van der Waals surface area contributed by atoms with Gasteiger partial charge in [0.2, 0.25) is 0 Å². The van der Waals surface area contributed by atoms with Gasteiger partial charge in [0.1, 0.15) is 0 Å². The van der Waals surface area contributed by atoms with Crippen LogP contribution in [-0.4, -0.2) is 28.2 Å². The summed E-state index contributed by atoms with van der Waals surface area (Å²) in [5.41, 5.74) is 8.67. The lowest BCUT2D eigenvalue weighted by Gasteiger charge is -2.19. The number of anilines is 2. The molecule has 2 aromatic rings. The van der Waals surface area contributed by atoms with Crippen LogP contribution in [0.1, 0.15) is 22.3 Å². The van der Waals surface area contributed by atoms with Crippen molar-refractivity contribution in [3.63, 3.8) is 0 Å². The summed E-state index contributed by atoms with van der Waals surface area (Å²) in [6.45, 7) is 8.21. The molecule has 0 atom stereocenters. The van der Waals surface area contributed by atoms with Gasteiger partial charge in [-0.2, -0.15) is 0 Å². The van der Waals surface area contributed by atoms with Crippen molar-refractivity contribution in [3.8, 4) is 0 Å². The standard InChI is InChI=1S/C22H28N2/c1-8-9-20(18-10-12-21(23(4)5)16(2)14-18)19-11-13-22(24(6)7)17(3)15-19/h8-15H,1H2,2-7H3. The fraction of sp³-hybridized carbons (Fsp3) is 0.273. The van der Waals surface area contributed by atoms with Gasteiger partial charge in [0.05, 0.1) is 0 Å². The Kier molecular flexibility index (Phi) is 5.50. The molecule has 126 valence electrons. The van der Waals surface area contributed by atoms with E-state index < -0.39 is 0 Å². The van der Waals surface area contributed by atoms with Gasteiger partial charge in [-0.3, -0.25) is 0 Å². The van der Waals surface area contributed by atoms with E-state index in [1.165, 1.54) is 39.2 Å². The predicted octanol–water partition coefficient (Wildman–Crippen LogP) is 5.05. The molecule has 0 unspecified atom stereocenters. The van der Waals surface area contributed by atoms with Crippen LogP contribution >= 0.6 is 0 Å². The highest BCUT2D eigenvalue weighted by Gasteiger charge is 2.10. The van der Waals surface area contributed by atoms with E-state index in [9.17, 15) is 0 Å². The van der Waals surface area contributed by atoms with Gasteiger partial charge in [0.15, 0.2) is 0 Å². The Morgan fingerprint density at radius 3 is 1.50 bits per heavy atom. The van der Waals surface area contributed by atoms with Crippen molar-refractivity contribution in [1.82, 2.24) is 0 Å². The molecule has 0 spiro atoms. The Balaban J connectivity index is 2.52. The van der Waals surface area contributed by atoms with Crippen molar-refractivity contribution >= 4 is 16.9 Å². The smallest absolute Gasteiger partial charge is 0.0391 e. The lowest BCUT2D eigenvalue weighted by atomic mass is 9.94. The van der Waals surface area contributed by atoms with E-state index in [-0.39, 0.29) is 0 Å². The lowest BCUT2D eigenvalue weighted by molar-refractivity contribution is 1.11. The Morgan fingerprint density at radius 2 is 1.21 bits per heavy atom. The van der Waals surface area contributed by atoms with Crippen molar-refractivity contribution < 1.29 is 0 Å². The van der Waals surface area contributed by atoms with Crippen molar-refractivity contribution in [2.45, 2.75) is 13.8 Å². The van der Waals surface area contributed by atoms with E-state index in [0.29, 0.717) is 0 Å². The molecule has 0 aromatic heterocycles. The molecular weight excluding hydrogens is 292 g/mol. The van der Waals surface area contributed by atoms with Gasteiger partial charge in [-0.05, 0) is 65.9 Å². The predicted molar refractivity (Wildman–Crippen MR) is 108 cm³/mol. The van der Waals surface area contributed by atoms with Crippen LogP contribution in [0.3, 0.4) is 0 Å². The van der Waals surface area contributed by atoms with Crippen molar-refractivity contribution in [2.75, 3.05) is 38.0 Å². The maximum atomic E-state index is 3.90. The van der Waals surface area contributed by atoms with Crippen LogP contribution in [0.25, 0.3) is 5.57 Å². The molecule has 0 saturated carbocycles. The molecule has 24 heavy (non-hydrogen) atoms. The summed E-state index contributed by atoms with van der Waals surface area (Å²) in [6, 6.07) is 13.2. The van der Waals surface area contributed by atoms with Crippen LogP contribution < -0.4 is 9.80 Å². The molecule has 2 rings (SSSR count). The zero-order valence-electron chi connectivity index (χ0n) is 15.7. The van der Waals surface area contributed by atoms with Gasteiger partial charge in [-0.25, -0.2) is 0 Å². The van der Waals surface area contributed by atoms with Gasteiger partial charge in [-0.1, -0.05) is 30.9 Å². The van der Waals surface area contributed by atoms with Gasteiger partial charge in [0.25, 0.3) is 0 Å². The quantitative estimate of drug-likeness (QED) is 0.711. The second kappa shape index (κ2) is 7.39. The molecule has 0 heterocycles. The molecule has 2 aromatic carbocycles. The third-order valence-electron chi connectivity index (χ3n) is 4.26. The minimum atomic E-state index is 1.20. The number of benzene rings is 2. The zero-order chi connectivity index (χ0) is 17.9. The second-order valence-electron chi connectivity index (χ2n) is 6.61. The first-order valence-electron chi connectivity index (χ1n) is 8.24. The van der Waals surface area contributed by atoms with Crippen LogP contribution in [0.2, 0.25) is 0 Å². The maximum absolute atomic E-state index is 3.90. The molecule has 0 radical (unpaired) electrons. The summed E-state index contributed by atoms with van der Waals surface area (Å²) in [5, 5.41) is 0. The van der Waals surface area contributed by atoms with Crippen LogP contribution in [0.5, 0.6) is 0 Å². The molecule has 2 nitrogen and oxygen atoms in total. The Hall–Kier alpha value is -2.48. The molecule has 2 heteroatoms. The normalized spacial score (nSPS) is 10.2. The fourth-order valence-electron chi connectivity index (χ4n) is 3.13. The van der Waals surface area contributed by atoms with E-state index in [0.717, 1.165) is 0 Å². The molecule has 0 fully saturated rings. The fourth-order valence-corrected chi connectivity index (χ4v) is 3.13. The SMILES string of the molecule is C=CC=C(c1ccc(N(C)C)c(C)c1)c1ccc(N(C)C)c(C)c1. The zero-order valence-corrected chi connectivity index (χ0v) is 15.7. The molecule has 0 amide bonds. The van der Waals surface area contributed by atoms with Crippen LogP contribution in [0.15, 0.2) is 55.1 Å². The van der Waals surface area contributed by atoms with Crippen molar-refractivity contribution in [1.29, 1.82) is 0 Å². The first-order chi connectivity index (χ1) is 11.3. The number of hydrogen-bond donors (Lipinski definition) is 0. The molecule has 0 aliphatic heterocycles. The molecule has 0 N–H and O–H groups in total. The molecule has 0 aliphatic rings. The summed E-state index contributed by atoms with van der Waals surface area (Å²) in [6.07, 6.45) is 3.95. The third kappa shape index (κ3) is 3.70. The second-order valence-corrected chi connectivity index (χ2v) is 6.61. The number of nitrogens with zero attached hydrogens (tertiary/aromatic N) is 2. The van der Waals surface area contributed by atoms with Gasteiger partial charge in [0, 0.05) is 39.6 Å².